The molecule has 2 heterocycles. The Labute approximate surface area is 308 Å². The van der Waals surface area contributed by atoms with Gasteiger partial charge in [-0.25, -0.2) is 13.1 Å². The molecule has 0 saturated carbocycles. The molecule has 14 heteroatoms. The first-order chi connectivity index (χ1) is 24.4. The number of rotatable bonds is 16. The zero-order chi connectivity index (χ0) is 36.6. The number of nitrogens with one attached hydrogen (secondary N) is 2. The smallest absolute Gasteiger partial charge is 0.304 e. The molecule has 4 aromatic rings. The van der Waals surface area contributed by atoms with E-state index >= 15 is 0 Å². The van der Waals surface area contributed by atoms with Crippen LogP contribution in [0.1, 0.15) is 40.7 Å². The zero-order valence-electron chi connectivity index (χ0n) is 29.3. The second kappa shape index (κ2) is 17.0. The SMILES string of the molecule is COC1(Cc2cccc(C)c2)CCN(c2ccc(C(=O)NS(=O)(=O)c3cc([N+](=O)[O-])c(N[C@H](CCN(C)C)CSc4ccccc4)s3)cc2)CC1. The van der Waals surface area contributed by atoms with E-state index in [1.54, 1.807) is 43.1 Å². The molecule has 1 atom stereocenters. The Bertz CT molecular complexity index is 1890. The van der Waals surface area contributed by atoms with Crippen LogP contribution in [0.2, 0.25) is 0 Å². The molecular formula is C37H45N5O6S3. The molecule has 1 aliphatic rings. The summed E-state index contributed by atoms with van der Waals surface area (Å²) in [6.07, 6.45) is 3.19. The van der Waals surface area contributed by atoms with Crippen molar-refractivity contribution in [2.45, 2.75) is 53.4 Å². The van der Waals surface area contributed by atoms with Crippen molar-refractivity contribution in [1.82, 2.24) is 9.62 Å². The van der Waals surface area contributed by atoms with Crippen LogP contribution in [0.3, 0.4) is 0 Å². The molecule has 11 nitrogen and oxygen atoms in total. The van der Waals surface area contributed by atoms with Crippen molar-refractivity contribution in [3.63, 3.8) is 0 Å². The second-order valence-corrected chi connectivity index (χ2v) is 17.2. The third-order valence-corrected chi connectivity index (χ3v) is 13.1. The van der Waals surface area contributed by atoms with Crippen LogP contribution in [0.5, 0.6) is 0 Å². The summed E-state index contributed by atoms with van der Waals surface area (Å²) in [5, 5.41) is 15.4. The number of ether oxygens (including phenoxy) is 1. The highest BCUT2D eigenvalue weighted by molar-refractivity contribution is 7.99. The number of amides is 1. The van der Waals surface area contributed by atoms with E-state index in [-0.39, 0.29) is 32.1 Å². The maximum absolute atomic E-state index is 13.4. The van der Waals surface area contributed by atoms with Crippen LogP contribution in [-0.2, 0) is 21.2 Å². The normalized spacial score (nSPS) is 15.0. The van der Waals surface area contributed by atoms with E-state index in [0.29, 0.717) is 12.2 Å². The van der Waals surface area contributed by atoms with Crippen molar-refractivity contribution in [2.75, 3.05) is 56.8 Å². The molecule has 1 fully saturated rings. The largest absolute Gasteiger partial charge is 0.378 e. The van der Waals surface area contributed by atoms with E-state index in [1.807, 2.05) is 49.3 Å². The van der Waals surface area contributed by atoms with Crippen molar-refractivity contribution < 1.29 is 22.9 Å². The van der Waals surface area contributed by atoms with Crippen molar-refractivity contribution in [3.8, 4) is 0 Å². The summed E-state index contributed by atoms with van der Waals surface area (Å²) in [7, 11) is 1.27. The van der Waals surface area contributed by atoms with Crippen molar-refractivity contribution >= 4 is 55.4 Å². The van der Waals surface area contributed by atoms with E-state index in [0.717, 1.165) is 66.9 Å². The minimum atomic E-state index is -4.40. The van der Waals surface area contributed by atoms with Gasteiger partial charge in [0.1, 0.15) is 4.21 Å². The van der Waals surface area contributed by atoms with E-state index in [2.05, 4.69) is 46.1 Å². The van der Waals surface area contributed by atoms with Gasteiger partial charge in [0.15, 0.2) is 5.00 Å². The first-order valence-electron chi connectivity index (χ1n) is 16.8. The molecule has 1 aromatic heterocycles. The van der Waals surface area contributed by atoms with Gasteiger partial charge in [0, 0.05) is 60.6 Å². The summed E-state index contributed by atoms with van der Waals surface area (Å²) < 4.78 is 34.6. The number of carbonyl (C=O) groups excluding carboxylic acids is 1. The topological polar surface area (TPSA) is 134 Å². The minimum absolute atomic E-state index is 0.132. The number of sulfonamides is 1. The van der Waals surface area contributed by atoms with Crippen LogP contribution >= 0.6 is 23.1 Å². The highest BCUT2D eigenvalue weighted by Crippen LogP contribution is 2.38. The molecule has 3 aromatic carbocycles. The Balaban J connectivity index is 1.23. The standard InChI is InChI=1S/C37H45N5O6S3/c1-27-9-8-10-28(23-27)25-37(48-4)18-21-41(22-19-37)31-15-13-29(14-16-31)35(43)39-51(46,47)34-24-33(42(44)45)36(50-34)38-30(17-20-40(2)3)26-49-32-11-6-5-7-12-32/h5-16,23-24,30,38H,17-22,25-26H2,1-4H3,(H,39,43)/t30-/m1/s1. The average Bonchev–Trinajstić information content (AvgIpc) is 3.55. The van der Waals surface area contributed by atoms with E-state index in [9.17, 15) is 23.3 Å². The molecule has 1 aliphatic heterocycles. The molecule has 0 unspecified atom stereocenters. The summed E-state index contributed by atoms with van der Waals surface area (Å²) in [6.45, 7) is 4.36. The molecule has 272 valence electrons. The highest BCUT2D eigenvalue weighted by Gasteiger charge is 2.35. The van der Waals surface area contributed by atoms with Gasteiger partial charge in [-0.15, -0.1) is 11.8 Å². The number of anilines is 2. The maximum atomic E-state index is 13.4. The Morgan fingerprint density at radius 1 is 1.06 bits per heavy atom. The van der Waals surface area contributed by atoms with E-state index < -0.39 is 20.9 Å². The highest BCUT2D eigenvalue weighted by atomic mass is 32.2. The Kier molecular flexibility index (Phi) is 12.8. The molecule has 2 N–H and O–H groups in total. The minimum Gasteiger partial charge on any atom is -0.378 e. The van der Waals surface area contributed by atoms with Gasteiger partial charge in [-0.05, 0) is 88.8 Å². The number of aryl methyl sites for hydroxylation is 1. The molecule has 0 spiro atoms. The summed E-state index contributed by atoms with van der Waals surface area (Å²) in [4.78, 5) is 29.9. The summed E-state index contributed by atoms with van der Waals surface area (Å²) in [5.74, 6) is -0.203. The summed E-state index contributed by atoms with van der Waals surface area (Å²) in [5.41, 5.74) is 2.96. The number of thiophene rings is 1. The Morgan fingerprint density at radius 3 is 2.39 bits per heavy atom. The van der Waals surface area contributed by atoms with Gasteiger partial charge in [-0.2, -0.15) is 0 Å². The lowest BCUT2D eigenvalue weighted by molar-refractivity contribution is -0.383. The van der Waals surface area contributed by atoms with Crippen LogP contribution in [0.25, 0.3) is 0 Å². The number of hydrogen-bond acceptors (Lipinski definition) is 11. The zero-order valence-corrected chi connectivity index (χ0v) is 31.8. The summed E-state index contributed by atoms with van der Waals surface area (Å²) >= 11 is 2.36. The maximum Gasteiger partial charge on any atom is 0.304 e. The molecule has 1 saturated heterocycles. The third-order valence-electron chi connectivity index (χ3n) is 9.04. The molecular weight excluding hydrogens is 707 g/mol. The number of benzene rings is 3. The molecule has 0 aliphatic carbocycles. The molecule has 0 radical (unpaired) electrons. The monoisotopic (exact) mass is 751 g/mol. The first kappa shape index (κ1) is 38.3. The number of methoxy groups -OCH3 is 1. The second-order valence-electron chi connectivity index (χ2n) is 13.1. The van der Waals surface area contributed by atoms with Crippen LogP contribution in [0.15, 0.2) is 94.0 Å². The number of nitrogens with zero attached hydrogens (tertiary/aromatic N) is 3. The quantitative estimate of drug-likeness (QED) is 0.0713. The van der Waals surface area contributed by atoms with E-state index in [1.165, 1.54) is 11.1 Å². The molecule has 1 amide bonds. The molecule has 0 bridgehead atoms. The Hall–Kier alpha value is -3.95. The number of piperidine rings is 1. The number of nitro groups is 1. The number of thioether (sulfide) groups is 1. The molecule has 5 rings (SSSR count). The predicted octanol–water partition coefficient (Wildman–Crippen LogP) is 6.84. The molecule has 51 heavy (non-hydrogen) atoms. The van der Waals surface area contributed by atoms with Crippen molar-refractivity contribution in [2.24, 2.45) is 0 Å². The van der Waals surface area contributed by atoms with Gasteiger partial charge in [-0.1, -0.05) is 59.4 Å². The fourth-order valence-corrected chi connectivity index (χ4v) is 9.49. The van der Waals surface area contributed by atoms with Crippen LogP contribution in [-0.4, -0.2) is 82.4 Å². The fourth-order valence-electron chi connectivity index (χ4n) is 6.12. The van der Waals surface area contributed by atoms with Gasteiger partial charge in [0.25, 0.3) is 15.9 Å². The third kappa shape index (κ3) is 10.3. The lowest BCUT2D eigenvalue weighted by Gasteiger charge is -2.42. The van der Waals surface area contributed by atoms with E-state index in [4.69, 9.17) is 4.74 Å². The lowest BCUT2D eigenvalue weighted by Crippen LogP contribution is -2.47. The van der Waals surface area contributed by atoms with Crippen LogP contribution < -0.4 is 14.9 Å². The predicted molar refractivity (Wildman–Crippen MR) is 206 cm³/mol. The van der Waals surface area contributed by atoms with Crippen molar-refractivity contribution in [3.05, 3.63) is 112 Å². The fraction of sp³-hybridized carbons (Fsp3) is 0.378. The van der Waals surface area contributed by atoms with Crippen LogP contribution in [0.4, 0.5) is 16.4 Å². The number of hydrogen-bond donors (Lipinski definition) is 2. The summed E-state index contributed by atoms with van der Waals surface area (Å²) in [6, 6.07) is 25.9. The van der Waals surface area contributed by atoms with Gasteiger partial charge in [0.05, 0.1) is 10.5 Å². The van der Waals surface area contributed by atoms with Gasteiger partial charge in [-0.3, -0.25) is 14.9 Å². The number of carbonyl (C=O) groups is 1. The average molecular weight is 752 g/mol. The van der Waals surface area contributed by atoms with Gasteiger partial charge < -0.3 is 19.9 Å². The van der Waals surface area contributed by atoms with Gasteiger partial charge in [0.2, 0.25) is 0 Å². The van der Waals surface area contributed by atoms with Crippen molar-refractivity contribution in [1.29, 1.82) is 0 Å². The first-order valence-corrected chi connectivity index (χ1v) is 20.1. The lowest BCUT2D eigenvalue weighted by atomic mass is 9.84. The van der Waals surface area contributed by atoms with Gasteiger partial charge >= 0.3 is 5.69 Å². The Morgan fingerprint density at radius 2 is 1.76 bits per heavy atom. The van der Waals surface area contributed by atoms with Crippen LogP contribution in [0, 0.1) is 17.0 Å².